The molecule has 2 nitrogen and oxygen atoms in total. The second kappa shape index (κ2) is 5.32. The van der Waals surface area contributed by atoms with Crippen molar-refractivity contribution in [2.24, 2.45) is 5.73 Å². The molecule has 0 heterocycles. The summed E-state index contributed by atoms with van der Waals surface area (Å²) < 4.78 is 18.7. The Morgan fingerprint density at radius 3 is 2.79 bits per heavy atom. The van der Waals surface area contributed by atoms with E-state index in [-0.39, 0.29) is 5.82 Å². The van der Waals surface area contributed by atoms with Gasteiger partial charge in [0.1, 0.15) is 11.6 Å². The zero-order chi connectivity index (χ0) is 10.6. The summed E-state index contributed by atoms with van der Waals surface area (Å²) in [5, 5.41) is 0. The molecule has 14 heavy (non-hydrogen) atoms. The molecule has 0 amide bonds. The fraction of sp³-hybridized carbons (Fsp3) is 0.400. The maximum atomic E-state index is 13.1. The van der Waals surface area contributed by atoms with Crippen molar-refractivity contribution < 1.29 is 9.13 Å². The number of methoxy groups -OCH3 is 1. The molecular weight excluding hydrogens is 249 g/mol. The predicted octanol–water partition coefficient (Wildman–Crippen LogP) is 2.49. The van der Waals surface area contributed by atoms with Crippen molar-refractivity contribution in [3.63, 3.8) is 0 Å². The molecule has 0 aliphatic carbocycles. The Hall–Kier alpha value is -0.610. The molecule has 0 atom stereocenters. The highest BCUT2D eigenvalue weighted by Crippen LogP contribution is 2.27. The van der Waals surface area contributed by atoms with Crippen LogP contribution in [0.15, 0.2) is 16.6 Å². The van der Waals surface area contributed by atoms with E-state index in [0.29, 0.717) is 16.8 Å². The van der Waals surface area contributed by atoms with Crippen LogP contribution in [0.5, 0.6) is 5.75 Å². The summed E-state index contributed by atoms with van der Waals surface area (Å²) in [4.78, 5) is 0. The van der Waals surface area contributed by atoms with Crippen molar-refractivity contribution in [3.05, 3.63) is 28.0 Å². The van der Waals surface area contributed by atoms with Crippen LogP contribution in [0, 0.1) is 5.82 Å². The molecule has 0 saturated heterocycles. The topological polar surface area (TPSA) is 35.2 Å². The van der Waals surface area contributed by atoms with E-state index in [1.165, 1.54) is 13.2 Å². The average Bonchev–Trinajstić information content (AvgIpc) is 2.19. The number of nitrogens with two attached hydrogens (primary N) is 1. The van der Waals surface area contributed by atoms with Gasteiger partial charge in [-0.15, -0.1) is 0 Å². The van der Waals surface area contributed by atoms with Crippen LogP contribution in [0.1, 0.15) is 12.0 Å². The van der Waals surface area contributed by atoms with Gasteiger partial charge in [0.05, 0.1) is 11.6 Å². The molecule has 0 unspecified atom stereocenters. The van der Waals surface area contributed by atoms with Gasteiger partial charge in [0.15, 0.2) is 0 Å². The van der Waals surface area contributed by atoms with Crippen LogP contribution in [-0.2, 0) is 6.42 Å². The van der Waals surface area contributed by atoms with Gasteiger partial charge in [0, 0.05) is 6.07 Å². The summed E-state index contributed by atoms with van der Waals surface area (Å²) in [5.41, 5.74) is 6.39. The van der Waals surface area contributed by atoms with Crippen molar-refractivity contribution in [3.8, 4) is 5.75 Å². The fourth-order valence-corrected chi connectivity index (χ4v) is 1.64. The largest absolute Gasteiger partial charge is 0.496 e. The molecule has 1 rings (SSSR count). The first kappa shape index (κ1) is 11.5. The average molecular weight is 262 g/mol. The van der Waals surface area contributed by atoms with Crippen LogP contribution in [-0.4, -0.2) is 13.7 Å². The zero-order valence-corrected chi connectivity index (χ0v) is 9.60. The molecule has 1 aromatic rings. The van der Waals surface area contributed by atoms with Crippen LogP contribution in [0.3, 0.4) is 0 Å². The number of ether oxygens (including phenoxy) is 1. The van der Waals surface area contributed by atoms with E-state index in [1.54, 1.807) is 6.07 Å². The highest BCUT2D eigenvalue weighted by Gasteiger charge is 2.07. The Morgan fingerprint density at radius 1 is 1.50 bits per heavy atom. The van der Waals surface area contributed by atoms with Gasteiger partial charge in [-0.1, -0.05) is 0 Å². The molecule has 0 saturated carbocycles. The molecule has 0 aromatic heterocycles. The molecule has 1 aromatic carbocycles. The molecule has 0 radical (unpaired) electrons. The van der Waals surface area contributed by atoms with Crippen molar-refractivity contribution >= 4 is 15.9 Å². The molecular formula is C10H13BrFNO. The van der Waals surface area contributed by atoms with E-state index in [9.17, 15) is 4.39 Å². The lowest BCUT2D eigenvalue weighted by Gasteiger charge is -2.09. The predicted molar refractivity (Wildman–Crippen MR) is 58.0 cm³/mol. The summed E-state index contributed by atoms with van der Waals surface area (Å²) in [6.45, 7) is 0.623. The van der Waals surface area contributed by atoms with Crippen molar-refractivity contribution in [2.75, 3.05) is 13.7 Å². The van der Waals surface area contributed by atoms with Gasteiger partial charge < -0.3 is 10.5 Å². The van der Waals surface area contributed by atoms with Crippen LogP contribution >= 0.6 is 15.9 Å². The van der Waals surface area contributed by atoms with Crippen molar-refractivity contribution in [1.29, 1.82) is 0 Å². The van der Waals surface area contributed by atoms with Gasteiger partial charge >= 0.3 is 0 Å². The smallest absolute Gasteiger partial charge is 0.141 e. The molecule has 0 bridgehead atoms. The van der Waals surface area contributed by atoms with E-state index in [0.717, 1.165) is 18.4 Å². The Balaban J connectivity index is 2.95. The maximum Gasteiger partial charge on any atom is 0.141 e. The highest BCUT2D eigenvalue weighted by molar-refractivity contribution is 9.10. The maximum absolute atomic E-state index is 13.1. The van der Waals surface area contributed by atoms with Crippen LogP contribution < -0.4 is 10.5 Å². The van der Waals surface area contributed by atoms with Gasteiger partial charge in [0.25, 0.3) is 0 Å². The van der Waals surface area contributed by atoms with E-state index in [1.807, 2.05) is 0 Å². The van der Waals surface area contributed by atoms with Crippen molar-refractivity contribution in [2.45, 2.75) is 12.8 Å². The minimum atomic E-state index is -0.307. The summed E-state index contributed by atoms with van der Waals surface area (Å²) in [5.74, 6) is 0.275. The molecule has 0 fully saturated rings. The highest BCUT2D eigenvalue weighted by atomic mass is 79.9. The number of hydrogen-bond acceptors (Lipinski definition) is 2. The summed E-state index contributed by atoms with van der Waals surface area (Å²) in [6.07, 6.45) is 1.67. The first-order valence-corrected chi connectivity index (χ1v) is 5.20. The van der Waals surface area contributed by atoms with E-state index >= 15 is 0 Å². The SMILES string of the molecule is COc1cc(F)c(Br)cc1CCCN. The second-order valence-electron chi connectivity index (χ2n) is 2.97. The van der Waals surface area contributed by atoms with Gasteiger partial charge in [-0.2, -0.15) is 0 Å². The van der Waals surface area contributed by atoms with Crippen molar-refractivity contribution in [1.82, 2.24) is 0 Å². The summed E-state index contributed by atoms with van der Waals surface area (Å²) in [6, 6.07) is 3.12. The Kier molecular flexibility index (Phi) is 4.35. The van der Waals surface area contributed by atoms with Gasteiger partial charge in [-0.05, 0) is 46.9 Å². The minimum Gasteiger partial charge on any atom is -0.496 e. The van der Waals surface area contributed by atoms with Crippen LogP contribution in [0.4, 0.5) is 4.39 Å². The lowest BCUT2D eigenvalue weighted by molar-refractivity contribution is 0.405. The van der Waals surface area contributed by atoms with Gasteiger partial charge in [-0.25, -0.2) is 4.39 Å². The number of hydrogen-bond donors (Lipinski definition) is 1. The quantitative estimate of drug-likeness (QED) is 0.904. The third-order valence-corrected chi connectivity index (χ3v) is 2.58. The van der Waals surface area contributed by atoms with Gasteiger partial charge in [-0.3, -0.25) is 0 Å². The lowest BCUT2D eigenvalue weighted by atomic mass is 10.1. The normalized spacial score (nSPS) is 10.3. The number of benzene rings is 1. The molecule has 78 valence electrons. The molecule has 2 N–H and O–H groups in total. The minimum absolute atomic E-state index is 0.307. The summed E-state index contributed by atoms with van der Waals surface area (Å²) >= 11 is 3.14. The third kappa shape index (κ3) is 2.69. The van der Waals surface area contributed by atoms with E-state index < -0.39 is 0 Å². The zero-order valence-electron chi connectivity index (χ0n) is 8.02. The third-order valence-electron chi connectivity index (χ3n) is 1.97. The number of halogens is 2. The second-order valence-corrected chi connectivity index (χ2v) is 3.82. The summed E-state index contributed by atoms with van der Waals surface area (Å²) in [7, 11) is 1.54. The molecule has 0 aliphatic rings. The molecule has 0 spiro atoms. The van der Waals surface area contributed by atoms with E-state index in [4.69, 9.17) is 10.5 Å². The number of rotatable bonds is 4. The van der Waals surface area contributed by atoms with Crippen LogP contribution in [0.2, 0.25) is 0 Å². The first-order chi connectivity index (χ1) is 6.69. The molecule has 0 aliphatic heterocycles. The Morgan fingerprint density at radius 2 is 2.21 bits per heavy atom. The Bertz CT molecular complexity index is 317. The van der Waals surface area contributed by atoms with Crippen LogP contribution in [0.25, 0.3) is 0 Å². The lowest BCUT2D eigenvalue weighted by Crippen LogP contribution is -2.02. The van der Waals surface area contributed by atoms with E-state index in [2.05, 4.69) is 15.9 Å². The Labute approximate surface area is 91.4 Å². The molecule has 4 heteroatoms. The first-order valence-electron chi connectivity index (χ1n) is 4.41. The fourth-order valence-electron chi connectivity index (χ4n) is 1.25. The monoisotopic (exact) mass is 261 g/mol. The standard InChI is InChI=1S/C10H13BrFNO/c1-14-10-6-9(12)8(11)5-7(10)3-2-4-13/h5-6H,2-4,13H2,1H3. The number of aryl methyl sites for hydroxylation is 1. The van der Waals surface area contributed by atoms with Gasteiger partial charge in [0.2, 0.25) is 0 Å².